The van der Waals surface area contributed by atoms with Crippen molar-refractivity contribution in [2.75, 3.05) is 5.32 Å². The molecule has 0 atom stereocenters. The third-order valence-electron chi connectivity index (χ3n) is 4.01. The molecule has 4 nitrogen and oxygen atoms in total. The summed E-state index contributed by atoms with van der Waals surface area (Å²) in [6, 6.07) is 7.56. The predicted molar refractivity (Wildman–Crippen MR) is 84.9 cm³/mol. The first kappa shape index (κ1) is 14.2. The first-order valence-electron chi connectivity index (χ1n) is 7.44. The Morgan fingerprint density at radius 2 is 1.95 bits per heavy atom. The minimum atomic E-state index is -0.112. The molecule has 1 amide bonds. The quantitative estimate of drug-likeness (QED) is 0.926. The molecule has 3 rings (SSSR count). The molecule has 21 heavy (non-hydrogen) atoms. The van der Waals surface area contributed by atoms with Gasteiger partial charge in [0.25, 0.3) is 5.91 Å². The number of aryl methyl sites for hydroxylation is 1. The largest absolute Gasteiger partial charge is 0.296 e. The number of amides is 1. The van der Waals surface area contributed by atoms with Crippen LogP contribution in [0.3, 0.4) is 0 Å². The van der Waals surface area contributed by atoms with Crippen LogP contribution in [0.2, 0.25) is 0 Å². The Morgan fingerprint density at radius 3 is 2.71 bits per heavy atom. The van der Waals surface area contributed by atoms with Crippen molar-refractivity contribution in [1.82, 2.24) is 10.2 Å². The summed E-state index contributed by atoms with van der Waals surface area (Å²) in [5.41, 5.74) is 1.65. The van der Waals surface area contributed by atoms with Gasteiger partial charge in [0.2, 0.25) is 5.13 Å². The van der Waals surface area contributed by atoms with E-state index in [0.717, 1.165) is 10.6 Å². The van der Waals surface area contributed by atoms with E-state index in [9.17, 15) is 4.79 Å². The number of hydrogen-bond donors (Lipinski definition) is 1. The molecule has 1 N–H and O–H groups in total. The molecule has 0 spiro atoms. The highest BCUT2D eigenvalue weighted by Crippen LogP contribution is 2.35. The zero-order valence-corrected chi connectivity index (χ0v) is 12.9. The fraction of sp³-hybridized carbons (Fsp3) is 0.438. The molecular formula is C16H19N3OS. The van der Waals surface area contributed by atoms with Gasteiger partial charge in [0, 0.05) is 11.5 Å². The zero-order chi connectivity index (χ0) is 14.7. The van der Waals surface area contributed by atoms with Crippen molar-refractivity contribution in [2.45, 2.75) is 44.9 Å². The van der Waals surface area contributed by atoms with Gasteiger partial charge in [-0.15, -0.1) is 10.2 Å². The fourth-order valence-corrected chi connectivity index (χ4v) is 3.70. The molecule has 1 aromatic carbocycles. The summed E-state index contributed by atoms with van der Waals surface area (Å²) in [4.78, 5) is 12.2. The van der Waals surface area contributed by atoms with Crippen LogP contribution in [-0.2, 0) is 0 Å². The van der Waals surface area contributed by atoms with Gasteiger partial charge in [0.05, 0.1) is 0 Å². The van der Waals surface area contributed by atoms with Gasteiger partial charge in [-0.3, -0.25) is 10.1 Å². The lowest BCUT2D eigenvalue weighted by Gasteiger charge is -2.18. The van der Waals surface area contributed by atoms with E-state index in [1.807, 2.05) is 31.2 Å². The normalized spacial score (nSPS) is 15.9. The van der Waals surface area contributed by atoms with Gasteiger partial charge in [-0.05, 0) is 31.4 Å². The molecular weight excluding hydrogens is 282 g/mol. The number of hydrogen-bond acceptors (Lipinski definition) is 4. The van der Waals surface area contributed by atoms with Gasteiger partial charge >= 0.3 is 0 Å². The minimum Gasteiger partial charge on any atom is -0.296 e. The van der Waals surface area contributed by atoms with E-state index in [4.69, 9.17) is 0 Å². The van der Waals surface area contributed by atoms with Crippen LogP contribution in [0.4, 0.5) is 5.13 Å². The van der Waals surface area contributed by atoms with Gasteiger partial charge < -0.3 is 0 Å². The molecule has 0 unspecified atom stereocenters. The van der Waals surface area contributed by atoms with Crippen molar-refractivity contribution < 1.29 is 4.79 Å². The number of anilines is 1. The molecule has 0 saturated heterocycles. The highest BCUT2D eigenvalue weighted by molar-refractivity contribution is 7.15. The van der Waals surface area contributed by atoms with Gasteiger partial charge in [-0.1, -0.05) is 48.8 Å². The second-order valence-electron chi connectivity index (χ2n) is 5.55. The Bertz CT molecular complexity index is 632. The van der Waals surface area contributed by atoms with Gasteiger partial charge in [0.15, 0.2) is 0 Å². The first-order valence-corrected chi connectivity index (χ1v) is 8.26. The number of rotatable bonds is 3. The molecule has 0 radical (unpaired) electrons. The smallest absolute Gasteiger partial charge is 0.257 e. The summed E-state index contributed by atoms with van der Waals surface area (Å²) in [6.45, 7) is 1.93. The molecule has 5 heteroatoms. The van der Waals surface area contributed by atoms with Gasteiger partial charge in [-0.25, -0.2) is 0 Å². The lowest BCUT2D eigenvalue weighted by Crippen LogP contribution is -2.12. The highest BCUT2D eigenvalue weighted by atomic mass is 32.1. The minimum absolute atomic E-state index is 0.112. The van der Waals surface area contributed by atoms with Crippen LogP contribution >= 0.6 is 11.3 Å². The third kappa shape index (κ3) is 3.29. The number of nitrogens with zero attached hydrogens (tertiary/aromatic N) is 2. The van der Waals surface area contributed by atoms with E-state index in [2.05, 4.69) is 15.5 Å². The maximum atomic E-state index is 12.2. The Labute approximate surface area is 128 Å². The lowest BCUT2D eigenvalue weighted by molar-refractivity contribution is 0.102. The highest BCUT2D eigenvalue weighted by Gasteiger charge is 2.20. The average Bonchev–Trinajstić information content (AvgIpc) is 2.97. The SMILES string of the molecule is Cc1ccccc1C(=O)Nc1nnc(C2CCCCC2)s1. The van der Waals surface area contributed by atoms with Crippen molar-refractivity contribution in [3.8, 4) is 0 Å². The van der Waals surface area contributed by atoms with Crippen LogP contribution in [0.15, 0.2) is 24.3 Å². The second-order valence-corrected chi connectivity index (χ2v) is 6.56. The predicted octanol–water partition coefficient (Wildman–Crippen LogP) is 4.15. The van der Waals surface area contributed by atoms with E-state index in [-0.39, 0.29) is 5.91 Å². The fourth-order valence-electron chi connectivity index (χ4n) is 2.79. The second kappa shape index (κ2) is 6.35. The molecule has 1 fully saturated rings. The maximum Gasteiger partial charge on any atom is 0.257 e. The standard InChI is InChI=1S/C16H19N3OS/c1-11-7-5-6-10-13(11)14(20)17-16-19-18-15(21-16)12-8-3-2-4-9-12/h5-7,10,12H,2-4,8-9H2,1H3,(H,17,19,20). The number of nitrogens with one attached hydrogen (secondary N) is 1. The molecule has 1 heterocycles. The van der Waals surface area contributed by atoms with Gasteiger partial charge in [0.1, 0.15) is 5.01 Å². The number of aromatic nitrogens is 2. The van der Waals surface area contributed by atoms with Crippen molar-refractivity contribution in [3.63, 3.8) is 0 Å². The summed E-state index contributed by atoms with van der Waals surface area (Å²) >= 11 is 1.51. The Kier molecular flexibility index (Phi) is 4.29. The van der Waals surface area contributed by atoms with E-state index in [1.165, 1.54) is 43.4 Å². The van der Waals surface area contributed by atoms with Crippen LogP contribution in [0, 0.1) is 6.92 Å². The summed E-state index contributed by atoms with van der Waals surface area (Å²) < 4.78 is 0. The summed E-state index contributed by atoms with van der Waals surface area (Å²) in [5, 5.41) is 12.9. The average molecular weight is 301 g/mol. The molecule has 2 aromatic rings. The zero-order valence-electron chi connectivity index (χ0n) is 12.1. The van der Waals surface area contributed by atoms with Crippen LogP contribution < -0.4 is 5.32 Å². The maximum absolute atomic E-state index is 12.2. The third-order valence-corrected chi connectivity index (χ3v) is 5.01. The van der Waals surface area contributed by atoms with E-state index < -0.39 is 0 Å². The van der Waals surface area contributed by atoms with Crippen LogP contribution in [0.1, 0.15) is 59.0 Å². The Balaban J connectivity index is 1.69. The summed E-state index contributed by atoms with van der Waals surface area (Å²) in [5.74, 6) is 0.416. The van der Waals surface area contributed by atoms with E-state index in [1.54, 1.807) is 0 Å². The topological polar surface area (TPSA) is 54.9 Å². The molecule has 1 aliphatic carbocycles. The molecule has 1 aliphatic rings. The Morgan fingerprint density at radius 1 is 1.19 bits per heavy atom. The van der Waals surface area contributed by atoms with E-state index in [0.29, 0.717) is 16.6 Å². The van der Waals surface area contributed by atoms with Crippen LogP contribution in [0.25, 0.3) is 0 Å². The first-order chi connectivity index (χ1) is 10.2. The van der Waals surface area contributed by atoms with Crippen molar-refractivity contribution in [1.29, 1.82) is 0 Å². The van der Waals surface area contributed by atoms with Crippen LogP contribution in [-0.4, -0.2) is 16.1 Å². The number of carbonyl (C=O) groups excluding carboxylic acids is 1. The molecule has 1 aromatic heterocycles. The van der Waals surface area contributed by atoms with Crippen LogP contribution in [0.5, 0.6) is 0 Å². The summed E-state index contributed by atoms with van der Waals surface area (Å²) in [7, 11) is 0. The monoisotopic (exact) mass is 301 g/mol. The van der Waals surface area contributed by atoms with Crippen molar-refractivity contribution >= 4 is 22.4 Å². The molecule has 110 valence electrons. The molecule has 1 saturated carbocycles. The molecule has 0 aliphatic heterocycles. The lowest BCUT2D eigenvalue weighted by atomic mass is 9.90. The molecule has 0 bridgehead atoms. The van der Waals surface area contributed by atoms with Crippen molar-refractivity contribution in [2.24, 2.45) is 0 Å². The van der Waals surface area contributed by atoms with Gasteiger partial charge in [-0.2, -0.15) is 0 Å². The van der Waals surface area contributed by atoms with E-state index >= 15 is 0 Å². The number of benzene rings is 1. The van der Waals surface area contributed by atoms with Crippen molar-refractivity contribution in [3.05, 3.63) is 40.4 Å². The number of carbonyl (C=O) groups is 1. The Hall–Kier alpha value is -1.75. The summed E-state index contributed by atoms with van der Waals surface area (Å²) in [6.07, 6.45) is 6.26.